The van der Waals surface area contributed by atoms with Crippen molar-refractivity contribution < 1.29 is 9.59 Å². The zero-order valence-corrected chi connectivity index (χ0v) is 17.6. The average molecular weight is 393 g/mol. The number of nitrogens with zero attached hydrogens (tertiary/aromatic N) is 3. The molecule has 1 aromatic rings. The molecular weight excluding hydrogens is 360 g/mol. The number of likely N-dealkylation sites (tertiary alicyclic amines) is 2. The van der Waals surface area contributed by atoms with Crippen molar-refractivity contribution in [3.63, 3.8) is 0 Å². The number of urea groups is 1. The molecule has 0 aliphatic carbocycles. The van der Waals surface area contributed by atoms with Crippen molar-refractivity contribution in [1.82, 2.24) is 20.0 Å². The van der Waals surface area contributed by atoms with E-state index in [2.05, 4.69) is 27.5 Å². The lowest BCUT2D eigenvalue weighted by Gasteiger charge is -2.53. The molecule has 2 saturated heterocycles. The maximum Gasteiger partial charge on any atom is 0.316 e. The molecule has 1 aromatic heterocycles. The Morgan fingerprint density at radius 1 is 1.26 bits per heavy atom. The first-order valence-electron chi connectivity index (χ1n) is 9.85. The summed E-state index contributed by atoms with van der Waals surface area (Å²) < 4.78 is 0. The van der Waals surface area contributed by atoms with Crippen LogP contribution in [-0.4, -0.2) is 80.0 Å². The van der Waals surface area contributed by atoms with Gasteiger partial charge in [0.2, 0.25) is 5.91 Å². The van der Waals surface area contributed by atoms with E-state index in [1.807, 2.05) is 11.4 Å². The zero-order valence-electron chi connectivity index (χ0n) is 16.7. The van der Waals surface area contributed by atoms with E-state index in [1.165, 1.54) is 0 Å². The van der Waals surface area contributed by atoms with Crippen molar-refractivity contribution >= 4 is 23.3 Å². The van der Waals surface area contributed by atoms with Gasteiger partial charge in [-0.05, 0) is 73.6 Å². The van der Waals surface area contributed by atoms with Crippen molar-refractivity contribution in [3.05, 3.63) is 22.4 Å². The van der Waals surface area contributed by atoms with Crippen molar-refractivity contribution in [2.24, 2.45) is 5.41 Å². The molecule has 0 aromatic carbocycles. The van der Waals surface area contributed by atoms with E-state index in [4.69, 9.17) is 0 Å². The minimum atomic E-state index is -0.0890. The standard InChI is InChI=1S/C20H32N4O2S/c1-22(2)19(26)21-14-17-20(7-10-23(3)11-8-20)6-4-9-24(17)18(25)13-16-5-12-27-15-16/h5,12,15,17H,4,6-11,13-14H2,1-3H3,(H,21,26). The molecular formula is C20H32N4O2S. The summed E-state index contributed by atoms with van der Waals surface area (Å²) in [7, 11) is 5.67. The van der Waals surface area contributed by atoms with E-state index in [0.717, 1.165) is 50.9 Å². The largest absolute Gasteiger partial charge is 0.337 e. The second-order valence-electron chi connectivity index (χ2n) is 8.26. The number of nitrogens with one attached hydrogen (secondary N) is 1. The molecule has 1 atom stereocenters. The van der Waals surface area contributed by atoms with Gasteiger partial charge in [0.1, 0.15) is 0 Å². The minimum absolute atomic E-state index is 0.0787. The lowest BCUT2D eigenvalue weighted by molar-refractivity contribution is -0.140. The Balaban J connectivity index is 1.78. The Hall–Kier alpha value is -1.60. The summed E-state index contributed by atoms with van der Waals surface area (Å²) in [6.45, 7) is 3.45. The van der Waals surface area contributed by atoms with Gasteiger partial charge < -0.3 is 20.0 Å². The van der Waals surface area contributed by atoms with Crippen molar-refractivity contribution in [3.8, 4) is 0 Å². The number of piperidine rings is 2. The highest BCUT2D eigenvalue weighted by atomic mass is 32.1. The SMILES string of the molecule is CN1CCC2(CCCN(C(=O)Cc3ccsc3)C2CNC(=O)N(C)C)CC1. The predicted octanol–water partition coefficient (Wildman–Crippen LogP) is 2.26. The Labute approximate surface area is 166 Å². The predicted molar refractivity (Wildman–Crippen MR) is 109 cm³/mol. The summed E-state index contributed by atoms with van der Waals surface area (Å²) in [6.07, 6.45) is 4.84. The lowest BCUT2D eigenvalue weighted by atomic mass is 9.66. The van der Waals surface area contributed by atoms with Gasteiger partial charge in [0, 0.05) is 27.2 Å². The van der Waals surface area contributed by atoms with Crippen LogP contribution < -0.4 is 5.32 Å². The summed E-state index contributed by atoms with van der Waals surface area (Å²) in [4.78, 5) is 31.3. The highest BCUT2D eigenvalue weighted by Gasteiger charge is 2.47. The fourth-order valence-electron chi connectivity index (χ4n) is 4.54. The summed E-state index contributed by atoms with van der Waals surface area (Å²) in [6, 6.07) is 2.02. The number of thiophene rings is 1. The monoisotopic (exact) mass is 392 g/mol. The van der Waals surface area contributed by atoms with Crippen LogP contribution in [0.1, 0.15) is 31.2 Å². The number of amides is 3. The molecule has 2 fully saturated rings. The first-order valence-corrected chi connectivity index (χ1v) is 10.8. The molecule has 6 nitrogen and oxygen atoms in total. The molecule has 1 unspecified atom stereocenters. The van der Waals surface area contributed by atoms with Gasteiger partial charge in [-0.3, -0.25) is 4.79 Å². The molecule has 3 rings (SSSR count). The van der Waals surface area contributed by atoms with Gasteiger partial charge in [-0.1, -0.05) is 0 Å². The summed E-state index contributed by atoms with van der Waals surface area (Å²) >= 11 is 1.63. The number of carbonyl (C=O) groups is 2. The zero-order chi connectivity index (χ0) is 19.4. The molecule has 150 valence electrons. The molecule has 3 heterocycles. The molecule has 7 heteroatoms. The van der Waals surface area contributed by atoms with Crippen LogP contribution in [0.3, 0.4) is 0 Å². The Bertz CT molecular complexity index is 638. The van der Waals surface area contributed by atoms with Crippen molar-refractivity contribution in [1.29, 1.82) is 0 Å². The molecule has 2 aliphatic heterocycles. The van der Waals surface area contributed by atoms with E-state index in [-0.39, 0.29) is 23.4 Å². The third-order valence-corrected chi connectivity index (χ3v) is 6.98. The van der Waals surface area contributed by atoms with E-state index < -0.39 is 0 Å². The highest BCUT2D eigenvalue weighted by molar-refractivity contribution is 7.08. The molecule has 27 heavy (non-hydrogen) atoms. The van der Waals surface area contributed by atoms with Crippen LogP contribution in [0.2, 0.25) is 0 Å². The molecule has 0 saturated carbocycles. The van der Waals surface area contributed by atoms with Gasteiger partial charge in [-0.15, -0.1) is 0 Å². The normalized spacial score (nSPS) is 22.6. The van der Waals surface area contributed by atoms with Crippen LogP contribution in [0.4, 0.5) is 4.79 Å². The van der Waals surface area contributed by atoms with Gasteiger partial charge in [-0.2, -0.15) is 11.3 Å². The van der Waals surface area contributed by atoms with Gasteiger partial charge in [0.25, 0.3) is 0 Å². The average Bonchev–Trinajstić information content (AvgIpc) is 3.15. The maximum absolute atomic E-state index is 13.1. The molecule has 3 amide bonds. The summed E-state index contributed by atoms with van der Waals surface area (Å²) in [5.41, 5.74) is 1.21. The first-order chi connectivity index (χ1) is 12.9. The molecule has 1 spiro atoms. The number of hydrogen-bond acceptors (Lipinski definition) is 4. The Morgan fingerprint density at radius 3 is 2.63 bits per heavy atom. The smallest absolute Gasteiger partial charge is 0.316 e. The van der Waals surface area contributed by atoms with Crippen molar-refractivity contribution in [2.45, 2.75) is 38.1 Å². The second kappa shape index (κ2) is 8.61. The Morgan fingerprint density at radius 2 is 2.00 bits per heavy atom. The van der Waals surface area contributed by atoms with Gasteiger partial charge >= 0.3 is 6.03 Å². The van der Waals surface area contributed by atoms with Crippen molar-refractivity contribution in [2.75, 3.05) is 47.3 Å². The maximum atomic E-state index is 13.1. The minimum Gasteiger partial charge on any atom is -0.337 e. The second-order valence-corrected chi connectivity index (χ2v) is 9.04. The first kappa shape index (κ1) is 20.1. The summed E-state index contributed by atoms with van der Waals surface area (Å²) in [5, 5.41) is 7.13. The number of hydrogen-bond donors (Lipinski definition) is 1. The lowest BCUT2D eigenvalue weighted by Crippen LogP contribution is -2.61. The fraction of sp³-hybridized carbons (Fsp3) is 0.700. The molecule has 2 aliphatic rings. The topological polar surface area (TPSA) is 55.9 Å². The van der Waals surface area contributed by atoms with Crippen LogP contribution >= 0.6 is 11.3 Å². The third-order valence-electron chi connectivity index (χ3n) is 6.25. The van der Waals surface area contributed by atoms with E-state index in [1.54, 1.807) is 30.3 Å². The van der Waals surface area contributed by atoms with E-state index in [0.29, 0.717) is 13.0 Å². The molecule has 1 N–H and O–H groups in total. The highest BCUT2D eigenvalue weighted by Crippen LogP contribution is 2.44. The third kappa shape index (κ3) is 4.63. The fourth-order valence-corrected chi connectivity index (χ4v) is 5.21. The van der Waals surface area contributed by atoms with Crippen LogP contribution in [-0.2, 0) is 11.2 Å². The molecule has 0 radical (unpaired) electrons. The van der Waals surface area contributed by atoms with Crippen LogP contribution in [0.5, 0.6) is 0 Å². The van der Waals surface area contributed by atoms with Gasteiger partial charge in [0.05, 0.1) is 12.5 Å². The van der Waals surface area contributed by atoms with E-state index >= 15 is 0 Å². The van der Waals surface area contributed by atoms with Crippen LogP contribution in [0, 0.1) is 5.41 Å². The van der Waals surface area contributed by atoms with Gasteiger partial charge in [-0.25, -0.2) is 4.79 Å². The number of carbonyl (C=O) groups excluding carboxylic acids is 2. The van der Waals surface area contributed by atoms with Crippen LogP contribution in [0.15, 0.2) is 16.8 Å². The molecule has 0 bridgehead atoms. The quantitative estimate of drug-likeness (QED) is 0.855. The van der Waals surface area contributed by atoms with Crippen LogP contribution in [0.25, 0.3) is 0 Å². The van der Waals surface area contributed by atoms with E-state index in [9.17, 15) is 9.59 Å². The summed E-state index contributed by atoms with van der Waals surface area (Å²) in [5.74, 6) is 0.190. The van der Waals surface area contributed by atoms with Gasteiger partial charge in [0.15, 0.2) is 0 Å². The Kier molecular flexibility index (Phi) is 6.42. The number of rotatable bonds is 4.